The highest BCUT2D eigenvalue weighted by atomic mass is 16.1. The predicted octanol–water partition coefficient (Wildman–Crippen LogP) is 5.36. The highest BCUT2D eigenvalue weighted by Crippen LogP contribution is 2.09. The average Bonchev–Trinajstić information content (AvgIpc) is 2.79. The zero-order chi connectivity index (χ0) is 24.2. The van der Waals surface area contributed by atoms with E-state index >= 15 is 0 Å². The molecule has 0 spiro atoms. The zero-order valence-electron chi connectivity index (χ0n) is 21.0. The number of primary amides is 1. The van der Waals surface area contributed by atoms with Gasteiger partial charge in [-0.3, -0.25) is 9.59 Å². The quantitative estimate of drug-likeness (QED) is 0.150. The standard InChI is InChI=1S/C28H49N3O2/c29-25-21-17-18-22-26-31-28(33)24-20-16-14-12-10-8-6-4-2-1-3-5-7-9-11-13-15-19-23-27(30)32/h5-26,29H2,(H2,30,32)(H,31,33). The van der Waals surface area contributed by atoms with Gasteiger partial charge in [-0.25, -0.2) is 0 Å². The van der Waals surface area contributed by atoms with Gasteiger partial charge in [0, 0.05) is 32.2 Å². The van der Waals surface area contributed by atoms with Crippen LogP contribution in [0.2, 0.25) is 0 Å². The molecule has 0 aliphatic carbocycles. The van der Waals surface area contributed by atoms with Crippen LogP contribution in [-0.4, -0.2) is 24.9 Å². The molecule has 0 fully saturated rings. The lowest BCUT2D eigenvalue weighted by Gasteiger charge is -2.05. The Morgan fingerprint density at radius 3 is 1.58 bits per heavy atom. The molecule has 0 heterocycles. The molecule has 0 bridgehead atoms. The summed E-state index contributed by atoms with van der Waals surface area (Å²) < 4.78 is 0. The first-order valence-electron chi connectivity index (χ1n) is 13.4. The summed E-state index contributed by atoms with van der Waals surface area (Å²) in [7, 11) is 0. The molecule has 5 nitrogen and oxygen atoms in total. The first-order chi connectivity index (χ1) is 16.2. The number of amides is 2. The lowest BCUT2D eigenvalue weighted by Crippen LogP contribution is -2.23. The molecule has 33 heavy (non-hydrogen) atoms. The molecule has 0 radical (unpaired) electrons. The molecular formula is C28H49N3O2. The van der Waals surface area contributed by atoms with E-state index in [-0.39, 0.29) is 11.8 Å². The largest absolute Gasteiger partial charge is 0.370 e. The van der Waals surface area contributed by atoms with Gasteiger partial charge < -0.3 is 16.8 Å². The van der Waals surface area contributed by atoms with E-state index in [0.717, 1.165) is 90.1 Å². The first-order valence-corrected chi connectivity index (χ1v) is 13.4. The summed E-state index contributed by atoms with van der Waals surface area (Å²) in [6.07, 6.45) is 21.1. The summed E-state index contributed by atoms with van der Waals surface area (Å²) in [5, 5.41) is 3.01. The minimum atomic E-state index is -0.194. The van der Waals surface area contributed by atoms with E-state index in [1.165, 1.54) is 38.5 Å². The van der Waals surface area contributed by atoms with E-state index in [1.807, 2.05) is 0 Å². The van der Waals surface area contributed by atoms with Crippen LogP contribution in [0, 0.1) is 23.7 Å². The fourth-order valence-electron chi connectivity index (χ4n) is 3.58. The van der Waals surface area contributed by atoms with Crippen molar-refractivity contribution in [3.05, 3.63) is 0 Å². The van der Waals surface area contributed by atoms with Crippen LogP contribution in [0.3, 0.4) is 0 Å². The van der Waals surface area contributed by atoms with Crippen molar-refractivity contribution >= 4 is 11.8 Å². The summed E-state index contributed by atoms with van der Waals surface area (Å²) >= 11 is 0. The van der Waals surface area contributed by atoms with E-state index in [4.69, 9.17) is 11.5 Å². The molecule has 0 atom stereocenters. The van der Waals surface area contributed by atoms with Gasteiger partial charge >= 0.3 is 0 Å². The van der Waals surface area contributed by atoms with E-state index < -0.39 is 0 Å². The topological polar surface area (TPSA) is 98.2 Å². The van der Waals surface area contributed by atoms with Gasteiger partial charge in [-0.1, -0.05) is 76.0 Å². The molecule has 0 aromatic carbocycles. The van der Waals surface area contributed by atoms with Crippen LogP contribution in [0.5, 0.6) is 0 Å². The number of nitrogens with two attached hydrogens (primary N) is 2. The van der Waals surface area contributed by atoms with Gasteiger partial charge in [-0.05, 0) is 56.9 Å². The van der Waals surface area contributed by atoms with Crippen molar-refractivity contribution in [3.63, 3.8) is 0 Å². The van der Waals surface area contributed by atoms with Gasteiger partial charge in [0.2, 0.25) is 11.8 Å². The SMILES string of the molecule is NCCCCCCNC(=O)CCCCCCCCC#CC#CCCCCCCCCC(N)=O. The minimum absolute atomic E-state index is 0.194. The predicted molar refractivity (Wildman–Crippen MR) is 139 cm³/mol. The Balaban J connectivity index is 3.32. The summed E-state index contributed by atoms with van der Waals surface area (Å²) in [5.41, 5.74) is 10.6. The summed E-state index contributed by atoms with van der Waals surface area (Å²) in [6.45, 7) is 1.56. The highest BCUT2D eigenvalue weighted by Gasteiger charge is 2.00. The fourth-order valence-corrected chi connectivity index (χ4v) is 3.58. The van der Waals surface area contributed by atoms with Crippen LogP contribution in [0.25, 0.3) is 0 Å². The Labute approximate surface area is 203 Å². The van der Waals surface area contributed by atoms with E-state index in [9.17, 15) is 9.59 Å². The van der Waals surface area contributed by atoms with Crippen LogP contribution >= 0.6 is 0 Å². The van der Waals surface area contributed by atoms with Crippen molar-refractivity contribution in [1.82, 2.24) is 5.32 Å². The van der Waals surface area contributed by atoms with Crippen molar-refractivity contribution in [3.8, 4) is 23.7 Å². The van der Waals surface area contributed by atoms with Gasteiger partial charge in [-0.2, -0.15) is 0 Å². The minimum Gasteiger partial charge on any atom is -0.370 e. The van der Waals surface area contributed by atoms with Crippen LogP contribution in [0.1, 0.15) is 128 Å². The fraction of sp³-hybridized carbons (Fsp3) is 0.786. The smallest absolute Gasteiger partial charge is 0.219 e. The number of hydrogen-bond donors (Lipinski definition) is 3. The number of rotatable bonds is 22. The lowest BCUT2D eigenvalue weighted by atomic mass is 10.1. The lowest BCUT2D eigenvalue weighted by molar-refractivity contribution is -0.121. The summed E-state index contributed by atoms with van der Waals surface area (Å²) in [5.74, 6) is 12.2. The van der Waals surface area contributed by atoms with Crippen molar-refractivity contribution in [1.29, 1.82) is 0 Å². The van der Waals surface area contributed by atoms with Crippen LogP contribution < -0.4 is 16.8 Å². The van der Waals surface area contributed by atoms with E-state index in [2.05, 4.69) is 29.0 Å². The average molecular weight is 460 g/mol. The van der Waals surface area contributed by atoms with E-state index in [1.54, 1.807) is 0 Å². The number of carbonyl (C=O) groups is 2. The second-order valence-corrected chi connectivity index (χ2v) is 8.87. The second kappa shape index (κ2) is 26.3. The zero-order valence-corrected chi connectivity index (χ0v) is 21.0. The number of hydrogen-bond acceptors (Lipinski definition) is 3. The van der Waals surface area contributed by atoms with Gasteiger partial charge in [0.05, 0.1) is 0 Å². The molecule has 0 aliphatic rings. The Hall–Kier alpha value is -1.98. The third-order valence-corrected chi connectivity index (χ3v) is 5.62. The van der Waals surface area contributed by atoms with Gasteiger partial charge in [0.15, 0.2) is 0 Å². The molecule has 0 saturated carbocycles. The van der Waals surface area contributed by atoms with E-state index in [0.29, 0.717) is 12.8 Å². The Morgan fingerprint density at radius 1 is 0.576 bits per heavy atom. The molecule has 0 aliphatic heterocycles. The molecule has 5 N–H and O–H groups in total. The molecule has 0 aromatic rings. The molecule has 0 unspecified atom stereocenters. The van der Waals surface area contributed by atoms with Gasteiger partial charge in [0.25, 0.3) is 0 Å². The van der Waals surface area contributed by atoms with Crippen LogP contribution in [-0.2, 0) is 9.59 Å². The Bertz CT molecular complexity index is 596. The maximum absolute atomic E-state index is 11.8. The Kier molecular flexibility index (Phi) is 24.7. The normalized spacial score (nSPS) is 10.1. The molecule has 188 valence electrons. The van der Waals surface area contributed by atoms with Crippen molar-refractivity contribution in [2.45, 2.75) is 128 Å². The van der Waals surface area contributed by atoms with Crippen molar-refractivity contribution in [2.24, 2.45) is 11.5 Å². The van der Waals surface area contributed by atoms with Crippen molar-refractivity contribution < 1.29 is 9.59 Å². The Morgan fingerprint density at radius 2 is 1.03 bits per heavy atom. The van der Waals surface area contributed by atoms with Gasteiger partial charge in [-0.15, -0.1) is 0 Å². The molecule has 0 aromatic heterocycles. The third-order valence-electron chi connectivity index (χ3n) is 5.62. The number of carbonyl (C=O) groups excluding carboxylic acids is 2. The first kappa shape index (κ1) is 31.0. The number of nitrogens with one attached hydrogen (secondary N) is 1. The molecule has 2 amide bonds. The van der Waals surface area contributed by atoms with Crippen LogP contribution in [0.4, 0.5) is 0 Å². The van der Waals surface area contributed by atoms with Gasteiger partial charge in [0.1, 0.15) is 0 Å². The number of unbranched alkanes of at least 4 members (excludes halogenated alkanes) is 15. The third kappa shape index (κ3) is 28.0. The summed E-state index contributed by atoms with van der Waals surface area (Å²) in [4.78, 5) is 22.4. The maximum atomic E-state index is 11.8. The van der Waals surface area contributed by atoms with Crippen LogP contribution in [0.15, 0.2) is 0 Å². The van der Waals surface area contributed by atoms with Crippen molar-refractivity contribution in [2.75, 3.05) is 13.1 Å². The molecular weight excluding hydrogens is 410 g/mol. The second-order valence-electron chi connectivity index (χ2n) is 8.87. The molecule has 0 saturated heterocycles. The monoisotopic (exact) mass is 459 g/mol. The highest BCUT2D eigenvalue weighted by molar-refractivity contribution is 5.75. The summed E-state index contributed by atoms with van der Waals surface area (Å²) in [6, 6.07) is 0. The maximum Gasteiger partial charge on any atom is 0.219 e. The molecule has 5 heteroatoms. The molecule has 0 rings (SSSR count).